The number of oxazole rings is 1. The molecule has 5 heteroatoms. The molecule has 0 unspecified atom stereocenters. The van der Waals surface area contributed by atoms with Crippen molar-refractivity contribution in [1.82, 2.24) is 10.3 Å². The van der Waals surface area contributed by atoms with E-state index in [0.717, 1.165) is 28.4 Å². The van der Waals surface area contributed by atoms with Crippen LogP contribution in [-0.2, 0) is 13.1 Å². The zero-order valence-electron chi connectivity index (χ0n) is 13.2. The van der Waals surface area contributed by atoms with Crippen LogP contribution < -0.4 is 14.8 Å². The number of nitrogens with zero attached hydrogens (tertiary/aromatic N) is 1. The lowest BCUT2D eigenvalue weighted by Crippen LogP contribution is -2.16. The van der Waals surface area contributed by atoms with Crippen LogP contribution in [0.3, 0.4) is 0 Å². The van der Waals surface area contributed by atoms with Crippen LogP contribution in [0.2, 0.25) is 0 Å². The maximum Gasteiger partial charge on any atom is 0.208 e. The van der Waals surface area contributed by atoms with Crippen molar-refractivity contribution in [2.45, 2.75) is 13.1 Å². The van der Waals surface area contributed by atoms with Gasteiger partial charge in [0.25, 0.3) is 0 Å². The van der Waals surface area contributed by atoms with Crippen LogP contribution in [0.5, 0.6) is 11.5 Å². The molecule has 0 amide bonds. The van der Waals surface area contributed by atoms with Crippen molar-refractivity contribution in [2.24, 2.45) is 0 Å². The van der Waals surface area contributed by atoms with Crippen LogP contribution in [0, 0.1) is 0 Å². The van der Waals surface area contributed by atoms with Gasteiger partial charge in [0, 0.05) is 12.1 Å². The second kappa shape index (κ2) is 6.76. The molecule has 0 bridgehead atoms. The lowest BCUT2D eigenvalue weighted by Gasteiger charge is -2.18. The second-order valence-corrected chi connectivity index (χ2v) is 5.57. The average Bonchev–Trinajstić information content (AvgIpc) is 3.11. The van der Waals surface area contributed by atoms with Crippen LogP contribution in [0.15, 0.2) is 59.1 Å². The van der Waals surface area contributed by atoms with Gasteiger partial charge in [-0.15, -0.1) is 0 Å². The molecule has 4 rings (SSSR count). The molecule has 0 saturated carbocycles. The molecule has 1 N–H and O–H groups in total. The minimum atomic E-state index is 0.571. The van der Waals surface area contributed by atoms with E-state index in [9.17, 15) is 0 Å². The maximum absolute atomic E-state index is 5.78. The highest BCUT2D eigenvalue weighted by atomic mass is 16.6. The SMILES string of the molecule is c1ccc(-c2cnc(CNCc3ccc4c(c3)OCCO4)o2)cc1. The largest absolute Gasteiger partial charge is 0.486 e. The Hall–Kier alpha value is -2.79. The first-order valence-corrected chi connectivity index (χ1v) is 7.98. The van der Waals surface area contributed by atoms with E-state index in [0.29, 0.717) is 32.2 Å². The van der Waals surface area contributed by atoms with Gasteiger partial charge >= 0.3 is 0 Å². The van der Waals surface area contributed by atoms with Gasteiger partial charge in [0.05, 0.1) is 12.7 Å². The molecule has 1 aliphatic heterocycles. The second-order valence-electron chi connectivity index (χ2n) is 5.57. The van der Waals surface area contributed by atoms with Crippen molar-refractivity contribution in [3.8, 4) is 22.8 Å². The van der Waals surface area contributed by atoms with Gasteiger partial charge in [-0.05, 0) is 17.7 Å². The number of aromatic nitrogens is 1. The molecule has 2 heterocycles. The molecule has 1 aliphatic rings. The Morgan fingerprint density at radius 2 is 1.75 bits per heavy atom. The van der Waals surface area contributed by atoms with Crippen molar-refractivity contribution in [3.63, 3.8) is 0 Å². The van der Waals surface area contributed by atoms with Crippen molar-refractivity contribution in [1.29, 1.82) is 0 Å². The summed E-state index contributed by atoms with van der Waals surface area (Å²) in [7, 11) is 0. The van der Waals surface area contributed by atoms with Crippen molar-refractivity contribution in [3.05, 3.63) is 66.2 Å². The number of fused-ring (bicyclic) bond motifs is 1. The molecule has 0 saturated heterocycles. The van der Waals surface area contributed by atoms with Crippen LogP contribution in [0.1, 0.15) is 11.5 Å². The highest BCUT2D eigenvalue weighted by Crippen LogP contribution is 2.30. The van der Waals surface area contributed by atoms with Gasteiger partial charge in [0.15, 0.2) is 17.3 Å². The number of benzene rings is 2. The Kier molecular flexibility index (Phi) is 4.16. The molecule has 122 valence electrons. The molecule has 0 spiro atoms. The van der Waals surface area contributed by atoms with Gasteiger partial charge in [0.2, 0.25) is 5.89 Å². The van der Waals surface area contributed by atoms with Crippen molar-refractivity contribution in [2.75, 3.05) is 13.2 Å². The quantitative estimate of drug-likeness (QED) is 0.780. The summed E-state index contributed by atoms with van der Waals surface area (Å²) in [5, 5.41) is 3.34. The fourth-order valence-corrected chi connectivity index (χ4v) is 2.64. The molecule has 2 aromatic carbocycles. The molecule has 1 aromatic heterocycles. The first kappa shape index (κ1) is 14.8. The normalized spacial score (nSPS) is 13.0. The predicted octanol–water partition coefficient (Wildman–Crippen LogP) is 3.40. The number of nitrogens with one attached hydrogen (secondary N) is 1. The first-order chi connectivity index (χ1) is 11.9. The Balaban J connectivity index is 1.35. The summed E-state index contributed by atoms with van der Waals surface area (Å²) in [6.45, 7) is 2.49. The minimum absolute atomic E-state index is 0.571. The van der Waals surface area contributed by atoms with Gasteiger partial charge in [-0.2, -0.15) is 0 Å². The summed E-state index contributed by atoms with van der Waals surface area (Å²) in [6.07, 6.45) is 1.76. The van der Waals surface area contributed by atoms with Gasteiger partial charge < -0.3 is 19.2 Å². The predicted molar refractivity (Wildman–Crippen MR) is 89.9 cm³/mol. The highest BCUT2D eigenvalue weighted by Gasteiger charge is 2.11. The fraction of sp³-hybridized carbons (Fsp3) is 0.211. The molecule has 3 aromatic rings. The smallest absolute Gasteiger partial charge is 0.208 e. The Labute approximate surface area is 140 Å². The van der Waals surface area contributed by atoms with Crippen LogP contribution in [0.4, 0.5) is 0 Å². The molecule has 5 nitrogen and oxygen atoms in total. The van der Waals surface area contributed by atoms with Gasteiger partial charge in [-0.3, -0.25) is 0 Å². The fourth-order valence-electron chi connectivity index (χ4n) is 2.64. The number of rotatable bonds is 5. The first-order valence-electron chi connectivity index (χ1n) is 7.98. The number of ether oxygens (including phenoxy) is 2. The van der Waals surface area contributed by atoms with E-state index in [1.165, 1.54) is 0 Å². The van der Waals surface area contributed by atoms with E-state index in [2.05, 4.69) is 10.3 Å². The van der Waals surface area contributed by atoms with Crippen molar-refractivity contribution < 1.29 is 13.9 Å². The van der Waals surface area contributed by atoms with Crippen LogP contribution in [-0.4, -0.2) is 18.2 Å². The van der Waals surface area contributed by atoms with E-state index in [1.807, 2.05) is 48.5 Å². The van der Waals surface area contributed by atoms with E-state index in [4.69, 9.17) is 13.9 Å². The molecule has 0 radical (unpaired) electrons. The zero-order valence-corrected chi connectivity index (χ0v) is 13.2. The topological polar surface area (TPSA) is 56.5 Å². The summed E-state index contributed by atoms with van der Waals surface area (Å²) >= 11 is 0. The molecule has 0 aliphatic carbocycles. The third kappa shape index (κ3) is 3.26. The summed E-state index contributed by atoms with van der Waals surface area (Å²) in [5.74, 6) is 3.08. The monoisotopic (exact) mass is 322 g/mol. The third-order valence-corrected chi connectivity index (χ3v) is 3.82. The Morgan fingerprint density at radius 1 is 0.917 bits per heavy atom. The molecular weight excluding hydrogens is 304 g/mol. The van der Waals surface area contributed by atoms with Gasteiger partial charge in [-0.1, -0.05) is 36.4 Å². The zero-order chi connectivity index (χ0) is 16.2. The standard InChI is InChI=1S/C19H18N2O3/c1-2-4-15(5-3-1)18-12-21-19(24-18)13-20-11-14-6-7-16-17(10-14)23-9-8-22-16/h1-7,10,12,20H,8-9,11,13H2. The van der Waals surface area contributed by atoms with Crippen LogP contribution in [0.25, 0.3) is 11.3 Å². The maximum atomic E-state index is 5.78. The van der Waals surface area contributed by atoms with Crippen LogP contribution >= 0.6 is 0 Å². The summed E-state index contributed by atoms with van der Waals surface area (Å²) in [6, 6.07) is 16.0. The third-order valence-electron chi connectivity index (χ3n) is 3.82. The molecule has 0 fully saturated rings. The lowest BCUT2D eigenvalue weighted by molar-refractivity contribution is 0.171. The molecule has 0 atom stereocenters. The van der Waals surface area contributed by atoms with E-state index in [1.54, 1.807) is 6.20 Å². The van der Waals surface area contributed by atoms with Crippen molar-refractivity contribution >= 4 is 0 Å². The number of hydrogen-bond donors (Lipinski definition) is 1. The highest BCUT2D eigenvalue weighted by molar-refractivity contribution is 5.55. The molecule has 24 heavy (non-hydrogen) atoms. The van der Waals surface area contributed by atoms with E-state index in [-0.39, 0.29) is 0 Å². The lowest BCUT2D eigenvalue weighted by atomic mass is 10.2. The van der Waals surface area contributed by atoms with Gasteiger partial charge in [0.1, 0.15) is 13.2 Å². The van der Waals surface area contributed by atoms with E-state index < -0.39 is 0 Å². The Bertz CT molecular complexity index is 814. The van der Waals surface area contributed by atoms with Gasteiger partial charge in [-0.25, -0.2) is 4.98 Å². The molecular formula is C19H18N2O3. The minimum Gasteiger partial charge on any atom is -0.486 e. The average molecular weight is 322 g/mol. The summed E-state index contributed by atoms with van der Waals surface area (Å²) in [5.41, 5.74) is 2.16. The summed E-state index contributed by atoms with van der Waals surface area (Å²) < 4.78 is 16.9. The number of hydrogen-bond acceptors (Lipinski definition) is 5. The Morgan fingerprint density at radius 3 is 2.62 bits per heavy atom. The summed E-state index contributed by atoms with van der Waals surface area (Å²) in [4.78, 5) is 4.32. The van der Waals surface area contributed by atoms with E-state index >= 15 is 0 Å².